The molecule has 7 heteroatoms. The summed E-state index contributed by atoms with van der Waals surface area (Å²) in [6, 6.07) is 2.63. The van der Waals surface area contributed by atoms with Crippen LogP contribution in [0.5, 0.6) is 11.5 Å². The van der Waals surface area contributed by atoms with Crippen LogP contribution in [0.3, 0.4) is 0 Å². The Morgan fingerprint density at radius 1 is 1.22 bits per heavy atom. The number of amides is 1. The second-order valence-corrected chi connectivity index (χ2v) is 4.87. The molecule has 1 aromatic carbocycles. The molecule has 0 aliphatic carbocycles. The summed E-state index contributed by atoms with van der Waals surface area (Å²) < 4.78 is 0. The number of carboxylic acids is 1. The number of carboxylic acid groups (broad SMARTS) is 1. The van der Waals surface area contributed by atoms with Crippen LogP contribution in [-0.4, -0.2) is 49.8 Å². The zero-order valence-electron chi connectivity index (χ0n) is 9.24. The molecule has 1 unspecified atom stereocenters. The number of hydrogen-bond acceptors (Lipinski definition) is 5. The molecule has 1 fully saturated rings. The number of phenolic OH excluding ortho intramolecular Hbond substituents is 2. The maximum atomic E-state index is 12.1. The quantitative estimate of drug-likeness (QED) is 0.731. The van der Waals surface area contributed by atoms with E-state index in [1.807, 2.05) is 0 Å². The fourth-order valence-corrected chi connectivity index (χ4v) is 2.88. The maximum absolute atomic E-state index is 12.1. The van der Waals surface area contributed by atoms with Crippen LogP contribution in [0.15, 0.2) is 18.2 Å². The van der Waals surface area contributed by atoms with Gasteiger partial charge in [0.05, 0.1) is 5.88 Å². The number of aliphatic carboxylic acids is 1. The van der Waals surface area contributed by atoms with Crippen molar-refractivity contribution in [2.75, 3.05) is 11.6 Å². The van der Waals surface area contributed by atoms with Crippen molar-refractivity contribution in [3.63, 3.8) is 0 Å². The summed E-state index contributed by atoms with van der Waals surface area (Å²) in [5.74, 6) is -1.43. The van der Waals surface area contributed by atoms with Gasteiger partial charge in [0.1, 0.15) is 17.5 Å². The van der Waals surface area contributed by atoms with Crippen molar-refractivity contribution in [1.82, 2.24) is 4.90 Å². The molecule has 0 spiro atoms. The normalized spacial score (nSPS) is 18.9. The van der Waals surface area contributed by atoms with Crippen LogP contribution < -0.4 is 0 Å². The second-order valence-electron chi connectivity index (χ2n) is 3.87. The smallest absolute Gasteiger partial charge is 0.327 e. The lowest BCUT2D eigenvalue weighted by molar-refractivity contribution is -0.140. The van der Waals surface area contributed by atoms with Gasteiger partial charge in [0.15, 0.2) is 0 Å². The van der Waals surface area contributed by atoms with Crippen LogP contribution in [0.2, 0.25) is 0 Å². The Morgan fingerprint density at radius 2 is 1.83 bits per heavy atom. The first-order chi connectivity index (χ1) is 8.49. The van der Waals surface area contributed by atoms with E-state index >= 15 is 0 Å². The fraction of sp³-hybridized carbons (Fsp3) is 0.273. The summed E-state index contributed by atoms with van der Waals surface area (Å²) in [7, 11) is 0. The molecule has 6 nitrogen and oxygen atoms in total. The molecule has 0 radical (unpaired) electrons. The molecule has 18 heavy (non-hydrogen) atoms. The Balaban J connectivity index is 2.28. The van der Waals surface area contributed by atoms with Crippen LogP contribution in [0, 0.1) is 0 Å². The highest BCUT2D eigenvalue weighted by Gasteiger charge is 2.35. The van der Waals surface area contributed by atoms with Gasteiger partial charge in [0.25, 0.3) is 5.91 Å². The van der Waals surface area contributed by atoms with E-state index in [2.05, 4.69) is 0 Å². The Kier molecular flexibility index (Phi) is 3.33. The summed E-state index contributed by atoms with van der Waals surface area (Å²) >= 11 is 1.35. The number of carbonyl (C=O) groups is 2. The Morgan fingerprint density at radius 3 is 2.39 bits per heavy atom. The van der Waals surface area contributed by atoms with Gasteiger partial charge in [0.2, 0.25) is 0 Å². The summed E-state index contributed by atoms with van der Waals surface area (Å²) in [4.78, 5) is 24.3. The molecule has 1 aromatic rings. The number of benzene rings is 1. The number of hydrogen-bond donors (Lipinski definition) is 3. The van der Waals surface area contributed by atoms with E-state index in [1.165, 1.54) is 28.8 Å². The van der Waals surface area contributed by atoms with Crippen molar-refractivity contribution in [2.45, 2.75) is 6.04 Å². The molecule has 1 heterocycles. The van der Waals surface area contributed by atoms with Crippen LogP contribution in [0.25, 0.3) is 0 Å². The molecule has 1 saturated heterocycles. The van der Waals surface area contributed by atoms with Crippen LogP contribution in [0.4, 0.5) is 0 Å². The van der Waals surface area contributed by atoms with Gasteiger partial charge in [-0.05, 0) is 12.1 Å². The van der Waals surface area contributed by atoms with E-state index in [-0.39, 0.29) is 22.9 Å². The third-order valence-electron chi connectivity index (χ3n) is 2.58. The van der Waals surface area contributed by atoms with E-state index < -0.39 is 17.9 Å². The molecule has 0 bridgehead atoms. The first kappa shape index (κ1) is 12.6. The van der Waals surface area contributed by atoms with Gasteiger partial charge < -0.3 is 20.2 Å². The number of thioether (sulfide) groups is 1. The molecule has 3 N–H and O–H groups in total. The largest absolute Gasteiger partial charge is 0.508 e. The molecule has 1 atom stereocenters. The fourth-order valence-electron chi connectivity index (χ4n) is 1.73. The number of nitrogens with zero attached hydrogens (tertiary/aromatic N) is 1. The highest BCUT2D eigenvalue weighted by molar-refractivity contribution is 7.99. The van der Waals surface area contributed by atoms with E-state index in [0.717, 1.165) is 6.07 Å². The van der Waals surface area contributed by atoms with Gasteiger partial charge in [-0.2, -0.15) is 0 Å². The van der Waals surface area contributed by atoms with Crippen molar-refractivity contribution < 1.29 is 24.9 Å². The van der Waals surface area contributed by atoms with Gasteiger partial charge in [-0.25, -0.2) is 4.79 Å². The predicted molar refractivity (Wildman–Crippen MR) is 64.7 cm³/mol. The topological polar surface area (TPSA) is 98.1 Å². The SMILES string of the molecule is O=C(O)C1CSCN1C(=O)c1cc(O)cc(O)c1. The van der Waals surface area contributed by atoms with Crippen molar-refractivity contribution in [3.05, 3.63) is 23.8 Å². The molecule has 1 amide bonds. The highest BCUT2D eigenvalue weighted by atomic mass is 32.2. The molecule has 1 aliphatic rings. The molecule has 2 rings (SSSR count). The molecule has 96 valence electrons. The van der Waals surface area contributed by atoms with Gasteiger partial charge in [-0.15, -0.1) is 11.8 Å². The number of rotatable bonds is 2. The minimum atomic E-state index is -1.06. The maximum Gasteiger partial charge on any atom is 0.327 e. The van der Waals surface area contributed by atoms with E-state index in [4.69, 9.17) is 5.11 Å². The van der Waals surface area contributed by atoms with Crippen molar-refractivity contribution in [1.29, 1.82) is 0 Å². The summed E-state index contributed by atoms with van der Waals surface area (Å²) in [5.41, 5.74) is 0.0706. The molecular formula is C11H11NO5S. The summed E-state index contributed by atoms with van der Waals surface area (Å²) in [5, 5.41) is 27.6. The zero-order valence-corrected chi connectivity index (χ0v) is 10.1. The molecular weight excluding hydrogens is 258 g/mol. The Hall–Kier alpha value is -1.89. The monoisotopic (exact) mass is 269 g/mol. The number of aromatic hydroxyl groups is 2. The van der Waals surface area contributed by atoms with Crippen molar-refractivity contribution in [3.8, 4) is 11.5 Å². The minimum Gasteiger partial charge on any atom is -0.508 e. The lowest BCUT2D eigenvalue weighted by atomic mass is 10.1. The Labute approximate surface area is 107 Å². The summed E-state index contributed by atoms with van der Waals surface area (Å²) in [6.45, 7) is 0. The van der Waals surface area contributed by atoms with Crippen molar-refractivity contribution >= 4 is 23.6 Å². The van der Waals surface area contributed by atoms with Gasteiger partial charge >= 0.3 is 5.97 Å². The third kappa shape index (κ3) is 2.35. The molecule has 0 aromatic heterocycles. The van der Waals surface area contributed by atoms with Crippen molar-refractivity contribution in [2.24, 2.45) is 0 Å². The van der Waals surface area contributed by atoms with Crippen LogP contribution >= 0.6 is 11.8 Å². The second kappa shape index (κ2) is 4.77. The minimum absolute atomic E-state index is 0.0706. The van der Waals surface area contributed by atoms with Gasteiger partial charge in [-0.3, -0.25) is 4.79 Å². The number of phenols is 2. The predicted octanol–water partition coefficient (Wildman–Crippen LogP) is 0.697. The van der Waals surface area contributed by atoms with Crippen LogP contribution in [-0.2, 0) is 4.79 Å². The van der Waals surface area contributed by atoms with E-state index in [0.29, 0.717) is 5.75 Å². The standard InChI is InChI=1S/C11H11NO5S/c13-7-1-6(2-8(14)3-7)10(15)12-5-18-4-9(12)11(16)17/h1-3,9,13-14H,4-5H2,(H,16,17). The average molecular weight is 269 g/mol. The first-order valence-electron chi connectivity index (χ1n) is 5.13. The number of carbonyl (C=O) groups excluding carboxylic acids is 1. The molecule has 1 aliphatic heterocycles. The van der Waals surface area contributed by atoms with Gasteiger partial charge in [0, 0.05) is 17.4 Å². The first-order valence-corrected chi connectivity index (χ1v) is 6.29. The van der Waals surface area contributed by atoms with Crippen LogP contribution in [0.1, 0.15) is 10.4 Å². The summed E-state index contributed by atoms with van der Waals surface area (Å²) in [6.07, 6.45) is 0. The third-order valence-corrected chi connectivity index (χ3v) is 3.59. The van der Waals surface area contributed by atoms with E-state index in [9.17, 15) is 19.8 Å². The molecule has 0 saturated carbocycles. The lowest BCUT2D eigenvalue weighted by Gasteiger charge is -2.20. The van der Waals surface area contributed by atoms with Gasteiger partial charge in [-0.1, -0.05) is 0 Å². The highest BCUT2D eigenvalue weighted by Crippen LogP contribution is 2.26. The van der Waals surface area contributed by atoms with E-state index in [1.54, 1.807) is 0 Å². The zero-order chi connectivity index (χ0) is 13.3. The average Bonchev–Trinajstić information content (AvgIpc) is 2.75. The lowest BCUT2D eigenvalue weighted by Crippen LogP contribution is -2.41. The Bertz CT molecular complexity index is 484.